The predicted octanol–water partition coefficient (Wildman–Crippen LogP) is 4.42. The van der Waals surface area contributed by atoms with Crippen molar-refractivity contribution >= 4 is 39.4 Å². The number of rotatable bonds is 6. The molecule has 0 bridgehead atoms. The van der Waals surface area contributed by atoms with Crippen molar-refractivity contribution in [2.45, 2.75) is 12.7 Å². The second kappa shape index (κ2) is 8.51. The molecule has 2 aromatic heterocycles. The third-order valence-corrected chi connectivity index (χ3v) is 5.37. The summed E-state index contributed by atoms with van der Waals surface area (Å²) in [6.07, 6.45) is 3.57. The van der Waals surface area contributed by atoms with Crippen LogP contribution in [-0.2, 0) is 17.6 Å². The minimum absolute atomic E-state index is 0.0414. The molecule has 2 heterocycles. The highest BCUT2D eigenvalue weighted by Crippen LogP contribution is 2.32. The Bertz CT molecular complexity index is 894. The zero-order chi connectivity index (χ0) is 18.5. The number of nitrogens with zero attached hydrogens (tertiary/aromatic N) is 3. The number of aryl methyl sites for hydroxylation is 2. The summed E-state index contributed by atoms with van der Waals surface area (Å²) >= 11 is 5.01. The molecule has 0 fully saturated rings. The van der Waals surface area contributed by atoms with Crippen molar-refractivity contribution in [2.24, 2.45) is 7.05 Å². The number of carbonyl (C=O) groups excluding carboxylic acids is 1. The maximum Gasteiger partial charge on any atom is 0.235 e. The number of halogens is 1. The normalized spacial score (nSPS) is 10.7. The lowest BCUT2D eigenvalue weighted by molar-refractivity contribution is -0.113. The number of hydrogen-bond donors (Lipinski definition) is 1. The predicted molar refractivity (Wildman–Crippen MR) is 110 cm³/mol. The van der Waals surface area contributed by atoms with E-state index in [1.54, 1.807) is 22.6 Å². The molecule has 0 saturated carbocycles. The summed E-state index contributed by atoms with van der Waals surface area (Å²) < 4.78 is 2.73. The first-order valence-electron chi connectivity index (χ1n) is 8.10. The minimum Gasteiger partial charge on any atom is -0.310 e. The van der Waals surface area contributed by atoms with E-state index in [9.17, 15) is 4.79 Å². The van der Waals surface area contributed by atoms with E-state index in [0.29, 0.717) is 5.75 Å². The van der Waals surface area contributed by atoms with Gasteiger partial charge in [-0.25, -0.2) is 0 Å². The third kappa shape index (κ3) is 4.53. The van der Waals surface area contributed by atoms with Crippen LogP contribution in [0, 0.1) is 6.92 Å². The van der Waals surface area contributed by atoms with Crippen LogP contribution in [0.2, 0.25) is 0 Å². The number of benzene rings is 1. The molecule has 5 nitrogen and oxygen atoms in total. The van der Waals surface area contributed by atoms with Gasteiger partial charge in [0.05, 0.1) is 11.4 Å². The topological polar surface area (TPSA) is 59.8 Å². The van der Waals surface area contributed by atoms with Crippen molar-refractivity contribution in [2.75, 3.05) is 11.1 Å². The summed E-state index contributed by atoms with van der Waals surface area (Å²) in [5.41, 5.74) is 3.97. The molecule has 3 aromatic rings. The smallest absolute Gasteiger partial charge is 0.235 e. The monoisotopic (exact) mass is 430 g/mol. The Balaban J connectivity index is 1.69. The maximum absolute atomic E-state index is 12.4. The van der Waals surface area contributed by atoms with Gasteiger partial charge < -0.3 is 5.32 Å². The number of amides is 1. The quantitative estimate of drug-likeness (QED) is 0.628. The molecule has 0 aliphatic carbocycles. The van der Waals surface area contributed by atoms with Gasteiger partial charge in [0, 0.05) is 35.2 Å². The highest BCUT2D eigenvalue weighted by molar-refractivity contribution is 9.10. The van der Waals surface area contributed by atoms with Gasteiger partial charge in [-0.2, -0.15) is 5.10 Å². The third-order valence-electron chi connectivity index (χ3n) is 3.84. The molecule has 0 radical (unpaired) electrons. The lowest BCUT2D eigenvalue weighted by Crippen LogP contribution is -2.17. The minimum atomic E-state index is -0.0414. The van der Waals surface area contributed by atoms with Gasteiger partial charge in [-0.3, -0.25) is 14.5 Å². The average molecular weight is 431 g/mol. The Morgan fingerprint density at radius 2 is 2.04 bits per heavy atom. The van der Waals surface area contributed by atoms with E-state index in [1.807, 2.05) is 56.6 Å². The number of pyridine rings is 1. The van der Waals surface area contributed by atoms with Gasteiger partial charge in [0.1, 0.15) is 5.82 Å². The van der Waals surface area contributed by atoms with Crippen molar-refractivity contribution < 1.29 is 4.79 Å². The summed E-state index contributed by atoms with van der Waals surface area (Å²) in [6, 6.07) is 11.9. The number of thioether (sulfide) groups is 1. The fraction of sp³-hybridized carbons (Fsp3) is 0.211. The number of nitrogens with one attached hydrogen (secondary N) is 1. The van der Waals surface area contributed by atoms with E-state index < -0.39 is 0 Å². The van der Waals surface area contributed by atoms with E-state index in [-0.39, 0.29) is 5.91 Å². The summed E-state index contributed by atoms with van der Waals surface area (Å²) in [6.45, 7) is 1.95. The number of hydrogen-bond acceptors (Lipinski definition) is 4. The summed E-state index contributed by atoms with van der Waals surface area (Å²) in [5.74, 6) is 1.81. The fourth-order valence-corrected chi connectivity index (χ4v) is 3.71. The molecule has 0 saturated heterocycles. The molecular weight excluding hydrogens is 412 g/mol. The van der Waals surface area contributed by atoms with Gasteiger partial charge in [-0.1, -0.05) is 34.1 Å². The number of carbonyl (C=O) groups is 1. The van der Waals surface area contributed by atoms with Crippen LogP contribution < -0.4 is 5.32 Å². The van der Waals surface area contributed by atoms with Crippen LogP contribution in [0.15, 0.2) is 53.3 Å². The van der Waals surface area contributed by atoms with Crippen molar-refractivity contribution in [1.82, 2.24) is 14.8 Å². The second-order valence-electron chi connectivity index (χ2n) is 5.84. The number of anilines is 1. The van der Waals surface area contributed by atoms with Gasteiger partial charge in [-0.05, 0) is 36.2 Å². The molecule has 0 aliphatic heterocycles. The SMILES string of the molecule is Cc1nn(C)c(NC(=O)CSCc2cccnc2)c1-c1ccc(Br)cc1. The zero-order valence-electron chi connectivity index (χ0n) is 14.6. The molecule has 1 aromatic carbocycles. The zero-order valence-corrected chi connectivity index (χ0v) is 17.0. The van der Waals surface area contributed by atoms with Gasteiger partial charge in [-0.15, -0.1) is 11.8 Å². The Morgan fingerprint density at radius 3 is 2.73 bits per heavy atom. The van der Waals surface area contributed by atoms with Crippen LogP contribution in [0.25, 0.3) is 11.1 Å². The molecule has 0 atom stereocenters. The highest BCUT2D eigenvalue weighted by Gasteiger charge is 2.17. The van der Waals surface area contributed by atoms with E-state index in [0.717, 1.165) is 38.4 Å². The molecule has 0 aliphatic rings. The molecule has 7 heteroatoms. The summed E-state index contributed by atoms with van der Waals surface area (Å²) in [7, 11) is 1.84. The van der Waals surface area contributed by atoms with E-state index in [4.69, 9.17) is 0 Å². The Morgan fingerprint density at radius 1 is 1.27 bits per heavy atom. The van der Waals surface area contributed by atoms with Gasteiger partial charge in [0.25, 0.3) is 0 Å². The first kappa shape index (κ1) is 18.7. The first-order valence-corrected chi connectivity index (χ1v) is 10.1. The Labute approximate surface area is 165 Å². The lowest BCUT2D eigenvalue weighted by Gasteiger charge is -2.09. The van der Waals surface area contributed by atoms with Crippen LogP contribution in [0.4, 0.5) is 5.82 Å². The lowest BCUT2D eigenvalue weighted by atomic mass is 10.1. The standard InChI is InChI=1S/C19H19BrN4OS/c1-13-18(15-5-7-16(20)8-6-15)19(24(2)23-13)22-17(25)12-26-11-14-4-3-9-21-10-14/h3-10H,11-12H2,1-2H3,(H,22,25). The van der Waals surface area contributed by atoms with Crippen molar-refractivity contribution in [3.63, 3.8) is 0 Å². The molecule has 134 valence electrons. The van der Waals surface area contributed by atoms with Crippen molar-refractivity contribution in [3.05, 3.63) is 64.5 Å². The van der Waals surface area contributed by atoms with Gasteiger partial charge in [0.15, 0.2) is 0 Å². The molecule has 26 heavy (non-hydrogen) atoms. The molecule has 3 rings (SSSR count). The maximum atomic E-state index is 12.4. The van der Waals surface area contributed by atoms with Crippen LogP contribution in [0.3, 0.4) is 0 Å². The molecular formula is C19H19BrN4OS. The van der Waals surface area contributed by atoms with Crippen molar-refractivity contribution in [3.8, 4) is 11.1 Å². The largest absolute Gasteiger partial charge is 0.310 e. The van der Waals surface area contributed by atoms with E-state index >= 15 is 0 Å². The Kier molecular flexibility index (Phi) is 6.11. The molecule has 1 N–H and O–H groups in total. The van der Waals surface area contributed by atoms with E-state index in [2.05, 4.69) is 31.3 Å². The van der Waals surface area contributed by atoms with Crippen LogP contribution in [0.1, 0.15) is 11.3 Å². The molecule has 0 spiro atoms. The summed E-state index contributed by atoms with van der Waals surface area (Å²) in [4.78, 5) is 16.5. The highest BCUT2D eigenvalue weighted by atomic mass is 79.9. The van der Waals surface area contributed by atoms with Crippen LogP contribution >= 0.6 is 27.7 Å². The summed E-state index contributed by atoms with van der Waals surface area (Å²) in [5, 5.41) is 7.48. The molecule has 1 amide bonds. The second-order valence-corrected chi connectivity index (χ2v) is 7.74. The van der Waals surface area contributed by atoms with E-state index in [1.165, 1.54) is 0 Å². The average Bonchev–Trinajstić information content (AvgIpc) is 2.90. The Hall–Kier alpha value is -2.12. The van der Waals surface area contributed by atoms with Crippen molar-refractivity contribution in [1.29, 1.82) is 0 Å². The molecule has 0 unspecified atom stereocenters. The van der Waals surface area contributed by atoms with Crippen LogP contribution in [-0.4, -0.2) is 26.4 Å². The van der Waals surface area contributed by atoms with Gasteiger partial charge >= 0.3 is 0 Å². The first-order chi connectivity index (χ1) is 12.5. The van der Waals surface area contributed by atoms with Crippen LogP contribution in [0.5, 0.6) is 0 Å². The number of aromatic nitrogens is 3. The fourth-order valence-electron chi connectivity index (χ4n) is 2.68. The van der Waals surface area contributed by atoms with Gasteiger partial charge in [0.2, 0.25) is 5.91 Å².